The van der Waals surface area contributed by atoms with E-state index in [1.807, 2.05) is 19.9 Å². The monoisotopic (exact) mass is 369 g/mol. The normalized spacial score (nSPS) is 16.2. The summed E-state index contributed by atoms with van der Waals surface area (Å²) in [5.74, 6) is 0.0775. The summed E-state index contributed by atoms with van der Waals surface area (Å²) < 4.78 is 10.9. The van der Waals surface area contributed by atoms with E-state index < -0.39 is 12.1 Å². The smallest absolute Gasteiger partial charge is 0.341 e. The van der Waals surface area contributed by atoms with Crippen molar-refractivity contribution in [1.29, 1.82) is 0 Å². The minimum Gasteiger partial charge on any atom is -0.482 e. The van der Waals surface area contributed by atoms with Crippen molar-refractivity contribution in [1.82, 2.24) is 5.32 Å². The van der Waals surface area contributed by atoms with Gasteiger partial charge in [-0.25, -0.2) is 4.79 Å². The molecule has 2 atom stereocenters. The molecule has 2 aromatic rings. The molecule has 1 aliphatic rings. The number of fused-ring (bicyclic) bond motifs is 1. The molecule has 1 amide bonds. The van der Waals surface area contributed by atoms with Crippen LogP contribution in [0.3, 0.4) is 0 Å². The van der Waals surface area contributed by atoms with Crippen LogP contribution in [0.15, 0.2) is 36.4 Å². The van der Waals surface area contributed by atoms with Gasteiger partial charge >= 0.3 is 5.97 Å². The van der Waals surface area contributed by atoms with E-state index in [9.17, 15) is 9.59 Å². The molecule has 0 aliphatic carbocycles. The van der Waals surface area contributed by atoms with Gasteiger partial charge in [0.2, 0.25) is 0 Å². The number of amides is 1. The molecule has 0 aromatic heterocycles. The van der Waals surface area contributed by atoms with Gasteiger partial charge < -0.3 is 19.9 Å². The maximum atomic E-state index is 12.6. The topological polar surface area (TPSA) is 84.9 Å². The Morgan fingerprint density at radius 2 is 1.89 bits per heavy atom. The fraction of sp³-hybridized carbons (Fsp3) is 0.333. The van der Waals surface area contributed by atoms with Gasteiger partial charge in [-0.3, -0.25) is 4.79 Å². The molecule has 1 heterocycles. The molecule has 0 fully saturated rings. The van der Waals surface area contributed by atoms with E-state index in [0.717, 1.165) is 22.4 Å². The van der Waals surface area contributed by atoms with Crippen molar-refractivity contribution in [2.75, 3.05) is 6.61 Å². The molecule has 0 saturated heterocycles. The number of hydrogen-bond acceptors (Lipinski definition) is 4. The number of nitrogens with one attached hydrogen (secondary N) is 1. The largest absolute Gasteiger partial charge is 0.482 e. The Morgan fingerprint density at radius 1 is 1.22 bits per heavy atom. The lowest BCUT2D eigenvalue weighted by molar-refractivity contribution is -0.139. The summed E-state index contributed by atoms with van der Waals surface area (Å²) in [6.45, 7) is 5.58. The second-order valence-electron chi connectivity index (χ2n) is 6.84. The van der Waals surface area contributed by atoms with E-state index in [2.05, 4.69) is 18.3 Å². The van der Waals surface area contributed by atoms with Crippen LogP contribution in [0, 0.1) is 13.8 Å². The van der Waals surface area contributed by atoms with Crippen molar-refractivity contribution in [2.45, 2.75) is 39.3 Å². The minimum absolute atomic E-state index is 0.153. The number of carbonyl (C=O) groups excluding carboxylic acids is 1. The number of aliphatic carboxylic acids is 1. The van der Waals surface area contributed by atoms with Crippen LogP contribution in [0.25, 0.3) is 0 Å². The molecular formula is C21H23NO5. The standard InChI is InChI=1S/C21H23NO5/c1-12-8-16-10-19(27-18(16)9-13(12)2)21(25)22-14(3)15-4-6-17(7-5-15)26-11-20(23)24/h4-9,14,19H,10-11H2,1-3H3,(H,22,25)(H,23,24). The minimum atomic E-state index is -1.03. The highest BCUT2D eigenvalue weighted by atomic mass is 16.5. The summed E-state index contributed by atoms with van der Waals surface area (Å²) in [4.78, 5) is 23.1. The lowest BCUT2D eigenvalue weighted by Crippen LogP contribution is -2.38. The van der Waals surface area contributed by atoms with E-state index in [1.165, 1.54) is 5.56 Å². The number of ether oxygens (including phenoxy) is 2. The van der Waals surface area contributed by atoms with Gasteiger partial charge in [0.1, 0.15) is 11.5 Å². The maximum Gasteiger partial charge on any atom is 0.341 e. The third-order valence-electron chi connectivity index (χ3n) is 4.74. The highest BCUT2D eigenvalue weighted by Crippen LogP contribution is 2.31. The Bertz CT molecular complexity index is 829. The molecule has 27 heavy (non-hydrogen) atoms. The summed E-state index contributed by atoms with van der Waals surface area (Å²) >= 11 is 0. The predicted molar refractivity (Wildman–Crippen MR) is 100 cm³/mol. The van der Waals surface area contributed by atoms with E-state index in [0.29, 0.717) is 12.2 Å². The first kappa shape index (κ1) is 18.8. The highest BCUT2D eigenvalue weighted by molar-refractivity contribution is 5.83. The van der Waals surface area contributed by atoms with Crippen LogP contribution in [0.4, 0.5) is 0 Å². The fourth-order valence-corrected chi connectivity index (χ4v) is 3.05. The van der Waals surface area contributed by atoms with E-state index in [1.54, 1.807) is 24.3 Å². The quantitative estimate of drug-likeness (QED) is 0.818. The highest BCUT2D eigenvalue weighted by Gasteiger charge is 2.30. The average molecular weight is 369 g/mol. The van der Waals surface area contributed by atoms with E-state index in [-0.39, 0.29) is 18.6 Å². The van der Waals surface area contributed by atoms with Crippen molar-refractivity contribution in [3.05, 3.63) is 58.7 Å². The Morgan fingerprint density at radius 3 is 2.56 bits per heavy atom. The zero-order chi connectivity index (χ0) is 19.6. The first-order valence-electron chi connectivity index (χ1n) is 8.85. The van der Waals surface area contributed by atoms with Crippen molar-refractivity contribution < 1.29 is 24.2 Å². The van der Waals surface area contributed by atoms with Crippen LogP contribution in [0.2, 0.25) is 0 Å². The number of aryl methyl sites for hydroxylation is 2. The molecule has 0 bridgehead atoms. The third-order valence-corrected chi connectivity index (χ3v) is 4.74. The Balaban J connectivity index is 1.59. The summed E-state index contributed by atoms with van der Waals surface area (Å²) in [6, 6.07) is 10.8. The van der Waals surface area contributed by atoms with Crippen LogP contribution in [-0.4, -0.2) is 29.7 Å². The second kappa shape index (κ2) is 7.70. The van der Waals surface area contributed by atoms with Crippen molar-refractivity contribution in [2.24, 2.45) is 0 Å². The summed E-state index contributed by atoms with van der Waals surface area (Å²) in [5, 5.41) is 11.6. The average Bonchev–Trinajstić information content (AvgIpc) is 3.03. The Kier molecular flexibility index (Phi) is 5.35. The van der Waals surface area contributed by atoms with Crippen LogP contribution in [0.1, 0.15) is 35.2 Å². The maximum absolute atomic E-state index is 12.6. The van der Waals surface area contributed by atoms with Gasteiger partial charge in [0, 0.05) is 6.42 Å². The Labute approximate surface area is 158 Å². The van der Waals surface area contributed by atoms with Crippen molar-refractivity contribution in [3.63, 3.8) is 0 Å². The van der Waals surface area contributed by atoms with Gasteiger partial charge in [0.05, 0.1) is 6.04 Å². The number of carboxylic acids is 1. The molecule has 0 spiro atoms. The third kappa shape index (κ3) is 4.39. The van der Waals surface area contributed by atoms with Crippen LogP contribution in [0.5, 0.6) is 11.5 Å². The number of rotatable bonds is 6. The first-order chi connectivity index (χ1) is 12.8. The zero-order valence-corrected chi connectivity index (χ0v) is 15.6. The molecule has 2 unspecified atom stereocenters. The van der Waals surface area contributed by atoms with Gasteiger partial charge in [0.15, 0.2) is 12.7 Å². The molecule has 0 radical (unpaired) electrons. The molecule has 3 rings (SSSR count). The number of hydrogen-bond donors (Lipinski definition) is 2. The van der Waals surface area contributed by atoms with Gasteiger partial charge in [-0.05, 0) is 61.2 Å². The molecule has 2 N–H and O–H groups in total. The summed E-state index contributed by atoms with van der Waals surface area (Å²) in [6.07, 6.45) is 0.0404. The lowest BCUT2D eigenvalue weighted by atomic mass is 10.0. The molecule has 2 aromatic carbocycles. The van der Waals surface area contributed by atoms with Crippen molar-refractivity contribution >= 4 is 11.9 Å². The van der Waals surface area contributed by atoms with Gasteiger partial charge in [-0.15, -0.1) is 0 Å². The summed E-state index contributed by atoms with van der Waals surface area (Å²) in [7, 11) is 0. The molecule has 142 valence electrons. The van der Waals surface area contributed by atoms with Gasteiger partial charge in [-0.1, -0.05) is 18.2 Å². The fourth-order valence-electron chi connectivity index (χ4n) is 3.05. The Hall–Kier alpha value is -3.02. The number of carbonyl (C=O) groups is 2. The lowest BCUT2D eigenvalue weighted by Gasteiger charge is -2.18. The molecule has 6 nitrogen and oxygen atoms in total. The first-order valence-corrected chi connectivity index (χ1v) is 8.85. The number of benzene rings is 2. The van der Waals surface area contributed by atoms with Gasteiger partial charge in [0.25, 0.3) is 5.91 Å². The second-order valence-corrected chi connectivity index (χ2v) is 6.84. The molecular weight excluding hydrogens is 346 g/mol. The SMILES string of the molecule is Cc1cc2c(cc1C)OC(C(=O)NC(C)c1ccc(OCC(=O)O)cc1)C2. The molecule has 0 saturated carbocycles. The molecule has 6 heteroatoms. The summed E-state index contributed by atoms with van der Waals surface area (Å²) in [5.41, 5.74) is 4.30. The van der Waals surface area contributed by atoms with Crippen LogP contribution >= 0.6 is 0 Å². The van der Waals surface area contributed by atoms with Crippen LogP contribution in [-0.2, 0) is 16.0 Å². The van der Waals surface area contributed by atoms with E-state index in [4.69, 9.17) is 14.6 Å². The zero-order valence-electron chi connectivity index (χ0n) is 15.6. The van der Waals surface area contributed by atoms with Gasteiger partial charge in [-0.2, -0.15) is 0 Å². The van der Waals surface area contributed by atoms with Crippen LogP contribution < -0.4 is 14.8 Å². The predicted octanol–water partition coefficient (Wildman–Crippen LogP) is 2.95. The number of carboxylic acid groups (broad SMARTS) is 1. The van der Waals surface area contributed by atoms with Crippen molar-refractivity contribution in [3.8, 4) is 11.5 Å². The van der Waals surface area contributed by atoms with E-state index >= 15 is 0 Å². The molecule has 1 aliphatic heterocycles.